The lowest BCUT2D eigenvalue weighted by Gasteiger charge is -2.27. The lowest BCUT2D eigenvalue weighted by atomic mass is 10.0. The second-order valence-electron chi connectivity index (χ2n) is 9.43. The van der Waals surface area contributed by atoms with Gasteiger partial charge in [0.25, 0.3) is 11.1 Å². The fraction of sp³-hybridized carbons (Fsp3) is 0.333. The number of benzene rings is 2. The molecule has 0 aromatic heterocycles. The maximum atomic E-state index is 13.1. The monoisotopic (exact) mass is 564 g/mol. The van der Waals surface area contributed by atoms with E-state index in [1.54, 1.807) is 35.3 Å². The second kappa shape index (κ2) is 13.3. The SMILES string of the molecule is C=CCc1cc(/C=C2\SC(=O)N(CC(=O)N3CCCCC3)C2=O)cc(OCC)c1OCc1ccc(C(=O)O)cc1. The highest BCUT2D eigenvalue weighted by atomic mass is 32.2. The number of amides is 3. The van der Waals surface area contributed by atoms with Gasteiger partial charge in [-0.3, -0.25) is 19.3 Å². The molecule has 2 aromatic rings. The summed E-state index contributed by atoms with van der Waals surface area (Å²) >= 11 is 0.812. The molecule has 210 valence electrons. The van der Waals surface area contributed by atoms with Crippen LogP contribution in [0.25, 0.3) is 6.08 Å². The number of imide groups is 1. The molecule has 2 saturated heterocycles. The normalized spacial score (nSPS) is 16.4. The van der Waals surface area contributed by atoms with Crippen LogP contribution in [0, 0.1) is 0 Å². The number of carbonyl (C=O) groups excluding carboxylic acids is 3. The molecule has 0 radical (unpaired) electrons. The molecule has 2 aromatic carbocycles. The van der Waals surface area contributed by atoms with E-state index in [2.05, 4.69) is 6.58 Å². The lowest BCUT2D eigenvalue weighted by molar-refractivity contribution is -0.136. The summed E-state index contributed by atoms with van der Waals surface area (Å²) in [4.78, 5) is 52.5. The zero-order valence-corrected chi connectivity index (χ0v) is 23.2. The molecule has 1 N–H and O–H groups in total. The Balaban J connectivity index is 1.55. The van der Waals surface area contributed by atoms with E-state index in [1.165, 1.54) is 12.1 Å². The fourth-order valence-corrected chi connectivity index (χ4v) is 5.40. The Morgan fingerprint density at radius 3 is 2.45 bits per heavy atom. The topological polar surface area (TPSA) is 113 Å². The highest BCUT2D eigenvalue weighted by Crippen LogP contribution is 2.38. The molecule has 0 saturated carbocycles. The molecule has 0 aliphatic carbocycles. The molecule has 2 fully saturated rings. The molecule has 10 heteroatoms. The molecular weight excluding hydrogens is 532 g/mol. The zero-order valence-electron chi connectivity index (χ0n) is 22.4. The quantitative estimate of drug-likeness (QED) is 0.295. The number of rotatable bonds is 11. The van der Waals surface area contributed by atoms with Crippen molar-refractivity contribution in [2.75, 3.05) is 26.2 Å². The molecule has 0 atom stereocenters. The predicted octanol–water partition coefficient (Wildman–Crippen LogP) is 5.14. The third kappa shape index (κ3) is 6.93. The number of likely N-dealkylation sites (tertiary alicyclic amines) is 1. The van der Waals surface area contributed by atoms with Gasteiger partial charge >= 0.3 is 5.97 Å². The van der Waals surface area contributed by atoms with Crippen LogP contribution in [0.4, 0.5) is 4.79 Å². The van der Waals surface area contributed by atoms with Gasteiger partial charge in [-0.05, 0) is 85.8 Å². The smallest absolute Gasteiger partial charge is 0.335 e. The number of carboxylic acids is 1. The van der Waals surface area contributed by atoms with Crippen molar-refractivity contribution in [3.63, 3.8) is 0 Å². The minimum Gasteiger partial charge on any atom is -0.490 e. The summed E-state index contributed by atoms with van der Waals surface area (Å²) in [5.74, 6) is -0.722. The van der Waals surface area contributed by atoms with Gasteiger partial charge in [0.15, 0.2) is 11.5 Å². The zero-order chi connectivity index (χ0) is 28.6. The minimum atomic E-state index is -0.999. The van der Waals surface area contributed by atoms with Crippen LogP contribution in [0.5, 0.6) is 11.5 Å². The number of nitrogens with zero attached hydrogens (tertiary/aromatic N) is 2. The van der Waals surface area contributed by atoms with E-state index < -0.39 is 17.1 Å². The first-order valence-electron chi connectivity index (χ1n) is 13.2. The van der Waals surface area contributed by atoms with Crippen molar-refractivity contribution < 1.29 is 33.8 Å². The Morgan fingerprint density at radius 1 is 1.07 bits per heavy atom. The van der Waals surface area contributed by atoms with Crippen LogP contribution in [-0.4, -0.2) is 64.2 Å². The van der Waals surface area contributed by atoms with Crippen molar-refractivity contribution in [1.82, 2.24) is 9.80 Å². The lowest BCUT2D eigenvalue weighted by Crippen LogP contribution is -2.44. The molecule has 4 rings (SSSR count). The molecule has 3 amide bonds. The minimum absolute atomic E-state index is 0.188. The van der Waals surface area contributed by atoms with Crippen molar-refractivity contribution in [3.05, 3.63) is 76.2 Å². The molecule has 0 bridgehead atoms. The molecule has 2 aliphatic rings. The number of ether oxygens (including phenoxy) is 2. The Labute approximate surface area is 237 Å². The first-order valence-corrected chi connectivity index (χ1v) is 14.0. The maximum Gasteiger partial charge on any atom is 0.335 e. The summed E-state index contributed by atoms with van der Waals surface area (Å²) < 4.78 is 12.0. The van der Waals surface area contributed by atoms with Crippen LogP contribution in [0.15, 0.2) is 54.0 Å². The van der Waals surface area contributed by atoms with E-state index in [-0.39, 0.29) is 29.5 Å². The average Bonchev–Trinajstić information content (AvgIpc) is 3.20. The molecule has 0 unspecified atom stereocenters. The van der Waals surface area contributed by atoms with Crippen molar-refractivity contribution in [2.24, 2.45) is 0 Å². The summed E-state index contributed by atoms with van der Waals surface area (Å²) in [7, 11) is 0. The van der Waals surface area contributed by atoms with Crippen molar-refractivity contribution in [1.29, 1.82) is 0 Å². The summed E-state index contributed by atoms with van der Waals surface area (Å²) in [5, 5.41) is 8.65. The third-order valence-corrected chi connectivity index (χ3v) is 7.48. The predicted molar refractivity (Wildman–Crippen MR) is 152 cm³/mol. The summed E-state index contributed by atoms with van der Waals surface area (Å²) in [6, 6.07) is 10.0. The van der Waals surface area contributed by atoms with Gasteiger partial charge in [-0.25, -0.2) is 4.79 Å². The average molecular weight is 565 g/mol. The molecule has 2 heterocycles. The van der Waals surface area contributed by atoms with Crippen molar-refractivity contribution in [3.8, 4) is 11.5 Å². The number of hydrogen-bond acceptors (Lipinski definition) is 7. The highest BCUT2D eigenvalue weighted by Gasteiger charge is 2.37. The summed E-state index contributed by atoms with van der Waals surface area (Å²) in [6.45, 7) is 7.29. The van der Waals surface area contributed by atoms with Crippen LogP contribution in [0.3, 0.4) is 0 Å². The molecular formula is C30H32N2O7S. The number of carboxylic acid groups (broad SMARTS) is 1. The van der Waals surface area contributed by atoms with Crippen LogP contribution in [0.1, 0.15) is 53.2 Å². The van der Waals surface area contributed by atoms with E-state index in [0.717, 1.165) is 47.1 Å². The second-order valence-corrected chi connectivity index (χ2v) is 10.4. The number of carbonyl (C=O) groups is 4. The Kier molecular flexibility index (Phi) is 9.65. The van der Waals surface area contributed by atoms with Crippen LogP contribution < -0.4 is 9.47 Å². The Morgan fingerprint density at radius 2 is 1.80 bits per heavy atom. The van der Waals surface area contributed by atoms with Gasteiger partial charge in [0.2, 0.25) is 5.91 Å². The third-order valence-electron chi connectivity index (χ3n) is 6.58. The van der Waals surface area contributed by atoms with Gasteiger partial charge in [-0.15, -0.1) is 6.58 Å². The number of aromatic carboxylic acids is 1. The fourth-order valence-electron chi connectivity index (χ4n) is 4.57. The van der Waals surface area contributed by atoms with Gasteiger partial charge < -0.3 is 19.5 Å². The number of allylic oxidation sites excluding steroid dienone is 1. The summed E-state index contributed by atoms with van der Waals surface area (Å²) in [6.07, 6.45) is 6.75. The van der Waals surface area contributed by atoms with Gasteiger partial charge in [0.05, 0.1) is 17.1 Å². The van der Waals surface area contributed by atoms with Crippen LogP contribution in [0.2, 0.25) is 0 Å². The van der Waals surface area contributed by atoms with E-state index >= 15 is 0 Å². The van der Waals surface area contributed by atoms with E-state index in [0.29, 0.717) is 43.2 Å². The highest BCUT2D eigenvalue weighted by molar-refractivity contribution is 8.18. The van der Waals surface area contributed by atoms with E-state index in [9.17, 15) is 19.2 Å². The maximum absolute atomic E-state index is 13.1. The summed E-state index contributed by atoms with van der Waals surface area (Å²) in [5.41, 5.74) is 2.39. The number of hydrogen-bond donors (Lipinski definition) is 1. The van der Waals surface area contributed by atoms with Crippen LogP contribution >= 0.6 is 11.8 Å². The van der Waals surface area contributed by atoms with Gasteiger partial charge in [-0.1, -0.05) is 18.2 Å². The van der Waals surface area contributed by atoms with Crippen molar-refractivity contribution >= 4 is 40.9 Å². The molecule has 40 heavy (non-hydrogen) atoms. The van der Waals surface area contributed by atoms with Crippen LogP contribution in [-0.2, 0) is 22.6 Å². The Hall–Kier alpha value is -4.05. The standard InChI is InChI=1S/C30H32N2O7S/c1-3-8-23-15-21(16-24(38-4-2)27(23)39-19-20-9-11-22(12-10-20)29(35)36)17-25-28(34)32(30(37)40-25)18-26(33)31-13-6-5-7-14-31/h3,9-12,15-17H,1,4-8,13-14,18-19H2,2H3,(H,35,36)/b25-17-. The Bertz CT molecular complexity index is 1330. The van der Waals surface area contributed by atoms with Gasteiger partial charge in [-0.2, -0.15) is 0 Å². The number of thioether (sulfide) groups is 1. The van der Waals surface area contributed by atoms with E-state index in [4.69, 9.17) is 14.6 Å². The van der Waals surface area contributed by atoms with E-state index in [1.807, 2.05) is 13.0 Å². The number of piperidine rings is 1. The van der Waals surface area contributed by atoms with Gasteiger partial charge in [0, 0.05) is 18.7 Å². The van der Waals surface area contributed by atoms with Gasteiger partial charge in [0.1, 0.15) is 13.2 Å². The molecule has 0 spiro atoms. The first-order chi connectivity index (χ1) is 19.3. The largest absolute Gasteiger partial charge is 0.490 e. The van der Waals surface area contributed by atoms with Crippen molar-refractivity contribution in [2.45, 2.75) is 39.2 Å². The first kappa shape index (κ1) is 28.9. The molecule has 9 nitrogen and oxygen atoms in total. The molecule has 2 aliphatic heterocycles.